The largest absolute Gasteiger partial charge is 0.356 e. The van der Waals surface area contributed by atoms with Crippen LogP contribution in [0.5, 0.6) is 0 Å². The predicted octanol–water partition coefficient (Wildman–Crippen LogP) is 2.89. The Balaban J connectivity index is 2.25. The molecule has 0 radical (unpaired) electrons. The van der Waals surface area contributed by atoms with E-state index < -0.39 is 0 Å². The highest BCUT2D eigenvalue weighted by Gasteiger charge is 2.04. The summed E-state index contributed by atoms with van der Waals surface area (Å²) in [6, 6.07) is 6.08. The van der Waals surface area contributed by atoms with Crippen LogP contribution in [-0.2, 0) is 11.2 Å². The van der Waals surface area contributed by atoms with Gasteiger partial charge in [0.05, 0.1) is 6.42 Å². The molecule has 1 amide bonds. The number of rotatable bonds is 6. The van der Waals surface area contributed by atoms with E-state index in [0.717, 1.165) is 12.8 Å². The number of nitrogens with one attached hydrogen (secondary N) is 1. The Morgan fingerprint density at radius 3 is 2.94 bits per heavy atom. The van der Waals surface area contributed by atoms with Gasteiger partial charge in [-0.2, -0.15) is 0 Å². The van der Waals surface area contributed by atoms with E-state index >= 15 is 0 Å². The summed E-state index contributed by atoms with van der Waals surface area (Å²) in [5.74, 6) is -0.399. The minimum absolute atomic E-state index is 0.0853. The van der Waals surface area contributed by atoms with Gasteiger partial charge in [0.2, 0.25) is 5.91 Å². The Morgan fingerprint density at radius 1 is 1.53 bits per heavy atom. The van der Waals surface area contributed by atoms with Gasteiger partial charge in [0, 0.05) is 11.9 Å². The molecule has 94 valence electrons. The molecule has 0 aliphatic rings. The summed E-state index contributed by atoms with van der Waals surface area (Å²) in [5, 5.41) is 2.92. The summed E-state index contributed by atoms with van der Waals surface area (Å²) in [4.78, 5) is 11.5. The lowest BCUT2D eigenvalue weighted by molar-refractivity contribution is -0.120. The van der Waals surface area contributed by atoms with Crippen LogP contribution in [0.4, 0.5) is 4.39 Å². The summed E-state index contributed by atoms with van der Waals surface area (Å²) in [7, 11) is 0. The zero-order valence-corrected chi connectivity index (χ0v) is 10.6. The summed E-state index contributed by atoms with van der Waals surface area (Å²) in [6.07, 6.45) is 1.95. The normalized spacial score (nSPS) is 12.2. The highest BCUT2D eigenvalue weighted by atomic mass is 35.5. The van der Waals surface area contributed by atoms with Crippen LogP contribution in [0.2, 0.25) is 0 Å². The van der Waals surface area contributed by atoms with Crippen molar-refractivity contribution in [3.63, 3.8) is 0 Å². The van der Waals surface area contributed by atoms with Crippen molar-refractivity contribution in [1.82, 2.24) is 5.32 Å². The maximum absolute atomic E-state index is 12.9. The van der Waals surface area contributed by atoms with Crippen molar-refractivity contribution < 1.29 is 9.18 Å². The number of carbonyl (C=O) groups is 1. The second-order valence-electron chi connectivity index (χ2n) is 4.08. The summed E-state index contributed by atoms with van der Waals surface area (Å²) >= 11 is 5.79. The summed E-state index contributed by atoms with van der Waals surface area (Å²) in [6.45, 7) is 2.54. The molecule has 0 aliphatic heterocycles. The molecule has 0 saturated heterocycles. The van der Waals surface area contributed by atoms with Crippen molar-refractivity contribution >= 4 is 17.5 Å². The maximum Gasteiger partial charge on any atom is 0.224 e. The van der Waals surface area contributed by atoms with Crippen LogP contribution in [0, 0.1) is 5.82 Å². The van der Waals surface area contributed by atoms with E-state index in [4.69, 9.17) is 11.6 Å². The molecule has 0 aromatic heterocycles. The van der Waals surface area contributed by atoms with E-state index in [1.54, 1.807) is 12.1 Å². The zero-order chi connectivity index (χ0) is 12.7. The highest BCUT2D eigenvalue weighted by molar-refractivity contribution is 6.20. The van der Waals surface area contributed by atoms with E-state index in [9.17, 15) is 9.18 Å². The predicted molar refractivity (Wildman–Crippen MR) is 67.7 cm³/mol. The Kier molecular flexibility index (Phi) is 5.98. The molecule has 1 atom stereocenters. The van der Waals surface area contributed by atoms with Gasteiger partial charge >= 0.3 is 0 Å². The van der Waals surface area contributed by atoms with Crippen LogP contribution in [0.3, 0.4) is 0 Å². The van der Waals surface area contributed by atoms with Crippen LogP contribution in [0.1, 0.15) is 25.3 Å². The van der Waals surface area contributed by atoms with Gasteiger partial charge in [-0.1, -0.05) is 12.1 Å². The van der Waals surface area contributed by atoms with Crippen molar-refractivity contribution in [2.24, 2.45) is 0 Å². The average Bonchev–Trinajstić information content (AvgIpc) is 2.24. The van der Waals surface area contributed by atoms with Gasteiger partial charge < -0.3 is 5.32 Å². The molecule has 2 nitrogen and oxygen atoms in total. The zero-order valence-electron chi connectivity index (χ0n) is 9.88. The van der Waals surface area contributed by atoms with Crippen LogP contribution in [0.25, 0.3) is 0 Å². The lowest BCUT2D eigenvalue weighted by atomic mass is 10.1. The SMILES string of the molecule is CC(Cl)CCCNC(=O)Cc1cccc(F)c1. The number of hydrogen-bond acceptors (Lipinski definition) is 1. The Labute approximate surface area is 106 Å². The topological polar surface area (TPSA) is 29.1 Å². The lowest BCUT2D eigenvalue weighted by Gasteiger charge is -2.06. The number of alkyl halides is 1. The standard InChI is InChI=1S/C13H17ClFNO/c1-10(14)4-3-7-16-13(17)9-11-5-2-6-12(15)8-11/h2,5-6,8,10H,3-4,7,9H2,1H3,(H,16,17). The van der Waals surface area contributed by atoms with E-state index in [1.165, 1.54) is 12.1 Å². The second kappa shape index (κ2) is 7.28. The van der Waals surface area contributed by atoms with Crippen LogP contribution >= 0.6 is 11.6 Å². The van der Waals surface area contributed by atoms with Crippen LogP contribution < -0.4 is 5.32 Å². The Bertz CT molecular complexity index is 368. The van der Waals surface area contributed by atoms with Crippen LogP contribution in [0.15, 0.2) is 24.3 Å². The van der Waals surface area contributed by atoms with E-state index in [-0.39, 0.29) is 23.5 Å². The molecule has 0 heterocycles. The van der Waals surface area contributed by atoms with Gasteiger partial charge in [-0.05, 0) is 37.5 Å². The molecule has 1 aromatic rings. The monoisotopic (exact) mass is 257 g/mol. The second-order valence-corrected chi connectivity index (χ2v) is 4.82. The molecular weight excluding hydrogens is 241 g/mol. The third-order valence-corrected chi connectivity index (χ3v) is 2.57. The first-order valence-electron chi connectivity index (χ1n) is 5.73. The van der Waals surface area contributed by atoms with Gasteiger partial charge in [0.25, 0.3) is 0 Å². The maximum atomic E-state index is 12.9. The van der Waals surface area contributed by atoms with Gasteiger partial charge in [-0.15, -0.1) is 11.6 Å². The fourth-order valence-corrected chi connectivity index (χ4v) is 1.66. The van der Waals surface area contributed by atoms with Crippen molar-refractivity contribution in [3.8, 4) is 0 Å². The number of halogens is 2. The van der Waals surface area contributed by atoms with E-state index in [0.29, 0.717) is 12.1 Å². The van der Waals surface area contributed by atoms with Crippen molar-refractivity contribution in [2.45, 2.75) is 31.6 Å². The molecule has 0 saturated carbocycles. The number of amides is 1. The molecule has 0 bridgehead atoms. The summed E-state index contributed by atoms with van der Waals surface area (Å²) < 4.78 is 12.9. The third-order valence-electron chi connectivity index (χ3n) is 2.35. The Morgan fingerprint density at radius 2 is 2.29 bits per heavy atom. The van der Waals surface area contributed by atoms with Crippen LogP contribution in [-0.4, -0.2) is 17.8 Å². The smallest absolute Gasteiger partial charge is 0.224 e. The van der Waals surface area contributed by atoms with E-state index in [1.807, 2.05) is 6.92 Å². The number of hydrogen-bond donors (Lipinski definition) is 1. The van der Waals surface area contributed by atoms with Crippen molar-refractivity contribution in [1.29, 1.82) is 0 Å². The first-order chi connectivity index (χ1) is 8.08. The fourth-order valence-electron chi connectivity index (χ4n) is 1.51. The average molecular weight is 258 g/mol. The Hall–Kier alpha value is -1.09. The minimum Gasteiger partial charge on any atom is -0.356 e. The van der Waals surface area contributed by atoms with E-state index in [2.05, 4.69) is 5.32 Å². The first kappa shape index (κ1) is 14.0. The highest BCUT2D eigenvalue weighted by Crippen LogP contribution is 2.05. The van der Waals surface area contributed by atoms with Crippen molar-refractivity contribution in [3.05, 3.63) is 35.6 Å². The minimum atomic E-state index is -0.314. The summed E-state index contributed by atoms with van der Waals surface area (Å²) in [5.41, 5.74) is 0.688. The lowest BCUT2D eigenvalue weighted by Crippen LogP contribution is -2.26. The quantitative estimate of drug-likeness (QED) is 0.616. The molecule has 1 rings (SSSR count). The fraction of sp³-hybridized carbons (Fsp3) is 0.462. The molecule has 1 N–H and O–H groups in total. The molecule has 4 heteroatoms. The van der Waals surface area contributed by atoms with Crippen molar-refractivity contribution in [2.75, 3.05) is 6.54 Å². The van der Waals surface area contributed by atoms with Gasteiger partial charge in [0.15, 0.2) is 0 Å². The molecule has 0 fully saturated rings. The molecule has 0 aliphatic carbocycles. The molecule has 0 spiro atoms. The number of benzene rings is 1. The first-order valence-corrected chi connectivity index (χ1v) is 6.17. The van der Waals surface area contributed by atoms with Gasteiger partial charge in [0.1, 0.15) is 5.82 Å². The molecule has 1 unspecified atom stereocenters. The number of carbonyl (C=O) groups excluding carboxylic acids is 1. The molecular formula is C13H17ClFNO. The van der Waals surface area contributed by atoms with Gasteiger partial charge in [-0.3, -0.25) is 4.79 Å². The third kappa shape index (κ3) is 6.27. The van der Waals surface area contributed by atoms with Gasteiger partial charge in [-0.25, -0.2) is 4.39 Å². The molecule has 17 heavy (non-hydrogen) atoms. The molecule has 1 aromatic carbocycles.